The summed E-state index contributed by atoms with van der Waals surface area (Å²) in [7, 11) is 3.18. The number of rotatable bonds is 9. The smallest absolute Gasteiger partial charge is 0.185 e. The van der Waals surface area contributed by atoms with E-state index in [1.165, 1.54) is 6.08 Å². The van der Waals surface area contributed by atoms with Gasteiger partial charge in [-0.15, -0.1) is 0 Å². The van der Waals surface area contributed by atoms with Crippen LogP contribution in [-0.2, 0) is 0 Å². The van der Waals surface area contributed by atoms with Gasteiger partial charge < -0.3 is 14.2 Å². The molecule has 25 heavy (non-hydrogen) atoms. The van der Waals surface area contributed by atoms with E-state index >= 15 is 0 Å². The molecule has 5 heteroatoms. The van der Waals surface area contributed by atoms with Gasteiger partial charge in [-0.3, -0.25) is 4.79 Å². The molecule has 2 aromatic carbocycles. The average Bonchev–Trinajstić information content (AvgIpc) is 2.66. The summed E-state index contributed by atoms with van der Waals surface area (Å²) in [5.74, 6) is 2.04. The minimum atomic E-state index is -0.0752. The van der Waals surface area contributed by atoms with Gasteiger partial charge in [-0.2, -0.15) is 0 Å². The minimum absolute atomic E-state index is 0.0752. The molecule has 0 atom stereocenters. The van der Waals surface area contributed by atoms with Crippen molar-refractivity contribution in [2.75, 3.05) is 26.2 Å². The monoisotopic (exact) mass is 404 g/mol. The van der Waals surface area contributed by atoms with Crippen LogP contribution < -0.4 is 14.2 Å². The van der Waals surface area contributed by atoms with Gasteiger partial charge >= 0.3 is 0 Å². The van der Waals surface area contributed by atoms with E-state index in [9.17, 15) is 4.79 Å². The first-order valence-corrected chi connectivity index (χ1v) is 9.02. The van der Waals surface area contributed by atoms with Gasteiger partial charge in [0.2, 0.25) is 0 Å². The van der Waals surface area contributed by atoms with Crippen molar-refractivity contribution >= 4 is 27.8 Å². The van der Waals surface area contributed by atoms with E-state index in [1.54, 1.807) is 38.5 Å². The average molecular weight is 405 g/mol. The second-order valence-corrected chi connectivity index (χ2v) is 6.05. The van der Waals surface area contributed by atoms with Crippen LogP contribution in [0.2, 0.25) is 0 Å². The Hall–Kier alpha value is -2.27. The van der Waals surface area contributed by atoms with Crippen LogP contribution in [0.3, 0.4) is 0 Å². The highest BCUT2D eigenvalue weighted by atomic mass is 79.9. The number of hydrogen-bond donors (Lipinski definition) is 0. The molecule has 4 nitrogen and oxygen atoms in total. The molecule has 0 aliphatic rings. The van der Waals surface area contributed by atoms with Crippen molar-refractivity contribution in [3.05, 3.63) is 59.7 Å². The molecule has 0 aliphatic heterocycles. The summed E-state index contributed by atoms with van der Waals surface area (Å²) in [4.78, 5) is 12.3. The van der Waals surface area contributed by atoms with Crippen LogP contribution in [0.15, 0.2) is 48.5 Å². The lowest BCUT2D eigenvalue weighted by Gasteiger charge is -2.06. The Balaban J connectivity index is 2.04. The topological polar surface area (TPSA) is 44.8 Å². The fourth-order valence-electron chi connectivity index (χ4n) is 2.15. The van der Waals surface area contributed by atoms with Gasteiger partial charge in [-0.25, -0.2) is 0 Å². The standard InChI is InChI=1S/C20H21BrO4/c1-23-18-12-15(13-19(14-18)24-2)4-9-20(22)16-5-7-17(8-6-16)25-11-3-10-21/h4-9,12-14H,3,10-11H2,1-2H3/b9-4+. The Bertz CT molecular complexity index is 701. The quantitative estimate of drug-likeness (QED) is 0.261. The molecule has 0 radical (unpaired) electrons. The number of ether oxygens (including phenoxy) is 3. The second kappa shape index (κ2) is 9.89. The van der Waals surface area contributed by atoms with Gasteiger partial charge in [0.25, 0.3) is 0 Å². The lowest BCUT2D eigenvalue weighted by molar-refractivity contribution is 0.104. The lowest BCUT2D eigenvalue weighted by Crippen LogP contribution is -1.99. The van der Waals surface area contributed by atoms with Gasteiger partial charge in [-0.05, 0) is 54.5 Å². The molecule has 0 saturated carbocycles. The Morgan fingerprint density at radius 3 is 2.20 bits per heavy atom. The zero-order valence-corrected chi connectivity index (χ0v) is 15.9. The summed E-state index contributed by atoms with van der Waals surface area (Å²) >= 11 is 3.36. The SMILES string of the molecule is COc1cc(/C=C/C(=O)c2ccc(OCCCBr)cc2)cc(OC)c1. The van der Waals surface area contributed by atoms with Gasteiger partial charge in [-0.1, -0.05) is 22.0 Å². The van der Waals surface area contributed by atoms with Crippen LogP contribution in [0.5, 0.6) is 17.2 Å². The maximum atomic E-state index is 12.3. The van der Waals surface area contributed by atoms with E-state index in [2.05, 4.69) is 15.9 Å². The molecule has 0 saturated heterocycles. The van der Waals surface area contributed by atoms with Crippen molar-refractivity contribution in [3.63, 3.8) is 0 Å². The van der Waals surface area contributed by atoms with Gasteiger partial charge in [0, 0.05) is 17.0 Å². The largest absolute Gasteiger partial charge is 0.497 e. The first-order chi connectivity index (χ1) is 12.2. The number of benzene rings is 2. The molecule has 0 N–H and O–H groups in total. The van der Waals surface area contributed by atoms with Crippen molar-refractivity contribution in [2.45, 2.75) is 6.42 Å². The number of ketones is 1. The number of carbonyl (C=O) groups is 1. The fourth-order valence-corrected chi connectivity index (χ4v) is 2.38. The molecule has 0 aliphatic carbocycles. The summed E-state index contributed by atoms with van der Waals surface area (Å²) in [5.41, 5.74) is 1.44. The first-order valence-electron chi connectivity index (χ1n) is 7.90. The third kappa shape index (κ3) is 5.94. The molecule has 132 valence electrons. The van der Waals surface area contributed by atoms with Gasteiger partial charge in [0.1, 0.15) is 17.2 Å². The van der Waals surface area contributed by atoms with Crippen LogP contribution in [0, 0.1) is 0 Å². The highest BCUT2D eigenvalue weighted by Gasteiger charge is 2.04. The Morgan fingerprint density at radius 2 is 1.64 bits per heavy atom. The number of alkyl halides is 1. The molecule has 0 heterocycles. The first kappa shape index (κ1) is 19.1. The molecule has 0 unspecified atom stereocenters. The van der Waals surface area contributed by atoms with Crippen molar-refractivity contribution < 1.29 is 19.0 Å². The van der Waals surface area contributed by atoms with Crippen LogP contribution >= 0.6 is 15.9 Å². The highest BCUT2D eigenvalue weighted by molar-refractivity contribution is 9.09. The summed E-state index contributed by atoms with van der Waals surface area (Å²) in [6.45, 7) is 0.649. The molecular formula is C20H21BrO4. The van der Waals surface area contributed by atoms with Crippen LogP contribution in [0.25, 0.3) is 6.08 Å². The number of allylic oxidation sites excluding steroid dienone is 1. The number of hydrogen-bond acceptors (Lipinski definition) is 4. The molecule has 0 bridgehead atoms. The second-order valence-electron chi connectivity index (χ2n) is 5.26. The molecule has 2 rings (SSSR count). The summed E-state index contributed by atoms with van der Waals surface area (Å²) < 4.78 is 16.0. The highest BCUT2D eigenvalue weighted by Crippen LogP contribution is 2.23. The van der Waals surface area contributed by atoms with E-state index < -0.39 is 0 Å². The zero-order chi connectivity index (χ0) is 18.1. The Labute approximate surface area is 156 Å². The van der Waals surface area contributed by atoms with Crippen molar-refractivity contribution in [1.82, 2.24) is 0 Å². The number of carbonyl (C=O) groups excluding carboxylic acids is 1. The van der Waals surface area contributed by atoms with E-state index in [0.717, 1.165) is 23.1 Å². The summed E-state index contributed by atoms with van der Waals surface area (Å²) in [6, 6.07) is 12.6. The zero-order valence-electron chi connectivity index (χ0n) is 14.3. The maximum Gasteiger partial charge on any atom is 0.185 e. The van der Waals surface area contributed by atoms with Gasteiger partial charge in [0.05, 0.1) is 20.8 Å². The van der Waals surface area contributed by atoms with Gasteiger partial charge in [0.15, 0.2) is 5.78 Å². The summed E-state index contributed by atoms with van der Waals surface area (Å²) in [6.07, 6.45) is 4.22. The fraction of sp³-hybridized carbons (Fsp3) is 0.250. The third-order valence-corrected chi connectivity index (χ3v) is 4.05. The van der Waals surface area contributed by atoms with Crippen LogP contribution in [0.1, 0.15) is 22.3 Å². The van der Waals surface area contributed by atoms with E-state index in [4.69, 9.17) is 14.2 Å². The van der Waals surface area contributed by atoms with Crippen molar-refractivity contribution in [3.8, 4) is 17.2 Å². The lowest BCUT2D eigenvalue weighted by atomic mass is 10.1. The number of halogens is 1. The van der Waals surface area contributed by atoms with Crippen molar-refractivity contribution in [2.24, 2.45) is 0 Å². The normalized spacial score (nSPS) is 10.7. The number of methoxy groups -OCH3 is 2. The van der Waals surface area contributed by atoms with E-state index in [-0.39, 0.29) is 5.78 Å². The maximum absolute atomic E-state index is 12.3. The van der Waals surface area contributed by atoms with E-state index in [0.29, 0.717) is 23.7 Å². The minimum Gasteiger partial charge on any atom is -0.497 e. The molecule has 0 aromatic heterocycles. The predicted molar refractivity (Wildman–Crippen MR) is 103 cm³/mol. The predicted octanol–water partition coefficient (Wildman–Crippen LogP) is 4.76. The molecule has 0 fully saturated rings. The summed E-state index contributed by atoms with van der Waals surface area (Å²) in [5, 5.41) is 0.906. The van der Waals surface area contributed by atoms with Crippen LogP contribution in [0.4, 0.5) is 0 Å². The molecule has 0 amide bonds. The molecule has 2 aromatic rings. The Morgan fingerprint density at radius 1 is 1.00 bits per heavy atom. The van der Waals surface area contributed by atoms with Crippen LogP contribution in [-0.4, -0.2) is 31.9 Å². The van der Waals surface area contributed by atoms with E-state index in [1.807, 2.05) is 24.3 Å². The molecular weight excluding hydrogens is 384 g/mol. The van der Waals surface area contributed by atoms with Crippen molar-refractivity contribution in [1.29, 1.82) is 0 Å². The third-order valence-electron chi connectivity index (χ3n) is 3.49. The molecule has 0 spiro atoms. The Kier molecular flexibility index (Phi) is 7.54.